The van der Waals surface area contributed by atoms with Crippen LogP contribution in [-0.2, 0) is 6.42 Å². The average Bonchev–Trinajstić information content (AvgIpc) is 2.57. The maximum Gasteiger partial charge on any atom is 0.0499 e. The number of benzene rings is 1. The summed E-state index contributed by atoms with van der Waals surface area (Å²) in [7, 11) is 0. The van der Waals surface area contributed by atoms with Crippen LogP contribution < -0.4 is 5.32 Å². The topological polar surface area (TPSA) is 32.3 Å². The van der Waals surface area contributed by atoms with E-state index in [1.807, 2.05) is 0 Å². The summed E-state index contributed by atoms with van der Waals surface area (Å²) in [6, 6.07) is 9.39. The van der Waals surface area contributed by atoms with Crippen molar-refractivity contribution in [1.82, 2.24) is 5.32 Å². The summed E-state index contributed by atoms with van der Waals surface area (Å²) in [6.45, 7) is 5.69. The van der Waals surface area contributed by atoms with Crippen LogP contribution in [0.5, 0.6) is 0 Å². The first-order valence-corrected chi connectivity index (χ1v) is 8.66. The summed E-state index contributed by atoms with van der Waals surface area (Å²) in [6.07, 6.45) is 8.39. The lowest BCUT2D eigenvalue weighted by Crippen LogP contribution is -2.40. The SMILES string of the molecule is CCc1ccc(C(CC)NCC2(CO)CCCCC2)cc1. The van der Waals surface area contributed by atoms with E-state index in [0.717, 1.165) is 19.4 Å². The maximum absolute atomic E-state index is 9.83. The lowest BCUT2D eigenvalue weighted by Gasteiger charge is -2.37. The van der Waals surface area contributed by atoms with Crippen molar-refractivity contribution in [3.8, 4) is 0 Å². The molecule has 1 aromatic rings. The van der Waals surface area contributed by atoms with E-state index in [1.165, 1.54) is 43.2 Å². The van der Waals surface area contributed by atoms with Crippen molar-refractivity contribution in [2.45, 2.75) is 64.8 Å². The molecular formula is C19H31NO. The van der Waals surface area contributed by atoms with Gasteiger partial charge in [-0.3, -0.25) is 0 Å². The summed E-state index contributed by atoms with van der Waals surface area (Å²) in [4.78, 5) is 0. The zero-order chi connectivity index (χ0) is 15.1. The van der Waals surface area contributed by atoms with Gasteiger partial charge in [0.15, 0.2) is 0 Å². The fourth-order valence-electron chi connectivity index (χ4n) is 3.52. The van der Waals surface area contributed by atoms with Gasteiger partial charge in [0.05, 0.1) is 0 Å². The highest BCUT2D eigenvalue weighted by molar-refractivity contribution is 5.25. The summed E-state index contributed by atoms with van der Waals surface area (Å²) < 4.78 is 0. The van der Waals surface area contributed by atoms with Crippen LogP contribution in [0.1, 0.15) is 69.5 Å². The lowest BCUT2D eigenvalue weighted by atomic mass is 9.74. The summed E-state index contributed by atoms with van der Waals surface area (Å²) in [5.41, 5.74) is 2.89. The standard InChI is InChI=1S/C19H31NO/c1-3-16-8-10-17(11-9-16)18(4-2)20-14-19(15-21)12-6-5-7-13-19/h8-11,18,20-21H,3-7,12-15H2,1-2H3. The molecule has 0 heterocycles. The van der Waals surface area contributed by atoms with E-state index in [0.29, 0.717) is 12.6 Å². The summed E-state index contributed by atoms with van der Waals surface area (Å²) in [5.74, 6) is 0. The highest BCUT2D eigenvalue weighted by Crippen LogP contribution is 2.36. The number of hydrogen-bond acceptors (Lipinski definition) is 2. The highest BCUT2D eigenvalue weighted by Gasteiger charge is 2.31. The molecule has 0 spiro atoms. The first kappa shape index (κ1) is 16.5. The lowest BCUT2D eigenvalue weighted by molar-refractivity contribution is 0.0781. The third-order valence-corrected chi connectivity index (χ3v) is 5.17. The summed E-state index contributed by atoms with van der Waals surface area (Å²) >= 11 is 0. The highest BCUT2D eigenvalue weighted by atomic mass is 16.3. The van der Waals surface area contributed by atoms with E-state index in [4.69, 9.17) is 0 Å². The van der Waals surface area contributed by atoms with Crippen LogP contribution in [-0.4, -0.2) is 18.3 Å². The third kappa shape index (κ3) is 4.31. The molecule has 0 radical (unpaired) electrons. The molecule has 118 valence electrons. The van der Waals surface area contributed by atoms with Crippen LogP contribution in [0.15, 0.2) is 24.3 Å². The van der Waals surface area contributed by atoms with Crippen molar-refractivity contribution in [1.29, 1.82) is 0 Å². The number of hydrogen-bond donors (Lipinski definition) is 2. The van der Waals surface area contributed by atoms with Crippen LogP contribution in [0.4, 0.5) is 0 Å². The van der Waals surface area contributed by atoms with Gasteiger partial charge in [-0.1, -0.05) is 57.4 Å². The van der Waals surface area contributed by atoms with E-state index in [1.54, 1.807) is 0 Å². The van der Waals surface area contributed by atoms with Gasteiger partial charge in [0.25, 0.3) is 0 Å². The number of aliphatic hydroxyl groups excluding tert-OH is 1. The number of nitrogens with one attached hydrogen (secondary N) is 1. The zero-order valence-electron chi connectivity index (χ0n) is 13.7. The van der Waals surface area contributed by atoms with Crippen LogP contribution in [0.3, 0.4) is 0 Å². The van der Waals surface area contributed by atoms with E-state index >= 15 is 0 Å². The smallest absolute Gasteiger partial charge is 0.0499 e. The fraction of sp³-hybridized carbons (Fsp3) is 0.684. The quantitative estimate of drug-likeness (QED) is 0.787. The molecule has 1 aromatic carbocycles. The Labute approximate surface area is 130 Å². The van der Waals surface area contributed by atoms with Crippen LogP contribution >= 0.6 is 0 Å². The molecule has 2 heteroatoms. The molecule has 21 heavy (non-hydrogen) atoms. The molecule has 0 aliphatic heterocycles. The van der Waals surface area contributed by atoms with Gasteiger partial charge in [-0.15, -0.1) is 0 Å². The number of rotatable bonds is 7. The van der Waals surface area contributed by atoms with E-state index in [-0.39, 0.29) is 5.41 Å². The zero-order valence-corrected chi connectivity index (χ0v) is 13.7. The maximum atomic E-state index is 9.83. The second-order valence-electron chi connectivity index (χ2n) is 6.66. The van der Waals surface area contributed by atoms with Gasteiger partial charge < -0.3 is 10.4 Å². The van der Waals surface area contributed by atoms with Gasteiger partial charge in [-0.2, -0.15) is 0 Å². The monoisotopic (exact) mass is 289 g/mol. The Bertz CT molecular complexity index is 406. The second-order valence-corrected chi connectivity index (χ2v) is 6.66. The molecule has 1 aliphatic carbocycles. The Balaban J connectivity index is 1.97. The molecule has 2 rings (SSSR count). The van der Waals surface area contributed by atoms with Gasteiger partial charge in [0, 0.05) is 24.6 Å². The molecule has 0 aromatic heterocycles. The molecule has 0 bridgehead atoms. The molecule has 1 aliphatic rings. The van der Waals surface area contributed by atoms with Gasteiger partial charge in [-0.25, -0.2) is 0 Å². The minimum absolute atomic E-state index is 0.120. The number of aliphatic hydroxyl groups is 1. The molecule has 0 saturated heterocycles. The average molecular weight is 289 g/mol. The van der Waals surface area contributed by atoms with Crippen LogP contribution in [0.2, 0.25) is 0 Å². The van der Waals surface area contributed by atoms with Gasteiger partial charge >= 0.3 is 0 Å². The minimum atomic E-state index is 0.120. The van der Waals surface area contributed by atoms with Gasteiger partial charge in [0.1, 0.15) is 0 Å². The van der Waals surface area contributed by atoms with Crippen molar-refractivity contribution >= 4 is 0 Å². The second kappa shape index (κ2) is 7.95. The molecule has 2 nitrogen and oxygen atoms in total. The molecule has 1 saturated carbocycles. The van der Waals surface area contributed by atoms with Gasteiger partial charge in [0.2, 0.25) is 0 Å². The predicted octanol–water partition coefficient (Wildman–Crippen LogP) is 4.23. The van der Waals surface area contributed by atoms with Crippen molar-refractivity contribution in [3.05, 3.63) is 35.4 Å². The number of aryl methyl sites for hydroxylation is 1. The van der Waals surface area contributed by atoms with Crippen LogP contribution in [0, 0.1) is 5.41 Å². The van der Waals surface area contributed by atoms with Crippen molar-refractivity contribution in [3.63, 3.8) is 0 Å². The first-order valence-electron chi connectivity index (χ1n) is 8.66. The predicted molar refractivity (Wildman–Crippen MR) is 89.5 cm³/mol. The molecular weight excluding hydrogens is 258 g/mol. The van der Waals surface area contributed by atoms with Crippen LogP contribution in [0.25, 0.3) is 0 Å². The Morgan fingerprint density at radius 3 is 2.29 bits per heavy atom. The molecule has 0 amide bonds. The Morgan fingerprint density at radius 1 is 1.10 bits per heavy atom. The summed E-state index contributed by atoms with van der Waals surface area (Å²) in [5, 5.41) is 13.6. The molecule has 1 unspecified atom stereocenters. The Morgan fingerprint density at radius 2 is 1.76 bits per heavy atom. The van der Waals surface area contributed by atoms with E-state index in [2.05, 4.69) is 43.4 Å². The molecule has 1 fully saturated rings. The largest absolute Gasteiger partial charge is 0.396 e. The Hall–Kier alpha value is -0.860. The first-order chi connectivity index (χ1) is 10.2. The minimum Gasteiger partial charge on any atom is -0.396 e. The van der Waals surface area contributed by atoms with Crippen molar-refractivity contribution in [2.75, 3.05) is 13.2 Å². The molecule has 2 N–H and O–H groups in total. The third-order valence-electron chi connectivity index (χ3n) is 5.17. The van der Waals surface area contributed by atoms with E-state index in [9.17, 15) is 5.11 Å². The fourth-order valence-corrected chi connectivity index (χ4v) is 3.52. The van der Waals surface area contributed by atoms with Gasteiger partial charge in [-0.05, 0) is 36.8 Å². The normalized spacial score (nSPS) is 19.4. The van der Waals surface area contributed by atoms with E-state index < -0.39 is 0 Å². The van der Waals surface area contributed by atoms with Crippen molar-refractivity contribution < 1.29 is 5.11 Å². The molecule has 1 atom stereocenters. The Kier molecular flexibility index (Phi) is 6.25. The van der Waals surface area contributed by atoms with Crippen molar-refractivity contribution in [2.24, 2.45) is 5.41 Å².